The highest BCUT2D eigenvalue weighted by atomic mass is 14.8. The lowest BCUT2D eigenvalue weighted by atomic mass is 10.1. The fourth-order valence-electron chi connectivity index (χ4n) is 6.17. The highest BCUT2D eigenvalue weighted by Crippen LogP contribution is 2.20. The molecule has 0 N–H and O–H groups in total. The Balaban J connectivity index is 1.78. The van der Waals surface area contributed by atoms with Gasteiger partial charge in [0.15, 0.2) is 0 Å². The summed E-state index contributed by atoms with van der Waals surface area (Å²) in [5, 5.41) is 0. The largest absolute Gasteiger partial charge is 0.255 e. The van der Waals surface area contributed by atoms with Gasteiger partial charge in [0.2, 0.25) is 0 Å². The first-order valence-corrected chi connectivity index (χ1v) is 20.4. The number of nitrogens with zero attached hydrogens (tertiary/aromatic N) is 2. The molecule has 0 atom stereocenters. The predicted molar refractivity (Wildman–Crippen MR) is 219 cm³/mol. The van der Waals surface area contributed by atoms with Crippen LogP contribution >= 0.6 is 0 Å². The molecule has 2 heteroatoms. The number of benzene rings is 2. The van der Waals surface area contributed by atoms with Gasteiger partial charge in [0.1, 0.15) is 0 Å². The van der Waals surface area contributed by atoms with Crippen LogP contribution in [0.3, 0.4) is 0 Å². The van der Waals surface area contributed by atoms with Crippen molar-refractivity contribution in [3.8, 4) is 0 Å². The Kier molecular flexibility index (Phi) is 26.2. The zero-order valence-electron chi connectivity index (χ0n) is 31.6. The maximum Gasteiger partial charge on any atom is 0.0639 e. The number of hydrogen-bond acceptors (Lipinski definition) is 2. The third-order valence-electron chi connectivity index (χ3n) is 9.23. The Bertz CT molecular complexity index is 1150. The van der Waals surface area contributed by atoms with Crippen LogP contribution in [0.5, 0.6) is 0 Å². The summed E-state index contributed by atoms with van der Waals surface area (Å²) in [6.07, 6.45) is 44.4. The lowest BCUT2D eigenvalue weighted by Crippen LogP contribution is -1.99. The van der Waals surface area contributed by atoms with Gasteiger partial charge in [-0.3, -0.25) is 9.98 Å². The molecule has 0 bridgehead atoms. The molecular formula is C46H72N2. The van der Waals surface area contributed by atoms with E-state index in [4.69, 9.17) is 9.98 Å². The summed E-state index contributed by atoms with van der Waals surface area (Å²) in [6.45, 7) is 6.82. The Morgan fingerprint density at radius 2 is 0.896 bits per heavy atom. The van der Waals surface area contributed by atoms with Crippen molar-refractivity contribution in [1.29, 1.82) is 0 Å². The molecule has 2 nitrogen and oxygen atoms in total. The van der Waals surface area contributed by atoms with Gasteiger partial charge in [0, 0.05) is 6.21 Å². The molecule has 0 aromatic heterocycles. The maximum absolute atomic E-state index is 5.04. The molecule has 2 rings (SSSR count). The molecule has 0 aliphatic heterocycles. The molecule has 0 radical (unpaired) electrons. The zero-order valence-corrected chi connectivity index (χ0v) is 31.6. The van der Waals surface area contributed by atoms with Crippen LogP contribution in [0.4, 0.5) is 11.4 Å². The van der Waals surface area contributed by atoms with Crippen LogP contribution in [0.25, 0.3) is 12.2 Å². The molecule has 2 aromatic rings. The maximum atomic E-state index is 5.04. The van der Waals surface area contributed by atoms with Gasteiger partial charge in [-0.05, 0) is 73.9 Å². The molecule has 0 heterocycles. The molecule has 0 aliphatic rings. The molecule has 0 fully saturated rings. The number of aliphatic imine (C=N–C) groups is 2. The first kappa shape index (κ1) is 41.4. The zero-order chi connectivity index (χ0) is 34.2. The predicted octanol–water partition coefficient (Wildman–Crippen LogP) is 16.0. The van der Waals surface area contributed by atoms with Gasteiger partial charge in [-0.15, -0.1) is 0 Å². The summed E-state index contributed by atoms with van der Waals surface area (Å²) in [4.78, 5) is 9.89. The lowest BCUT2D eigenvalue weighted by Gasteiger charge is -2.03. The van der Waals surface area contributed by atoms with Crippen LogP contribution < -0.4 is 0 Å². The molecule has 0 spiro atoms. The molecule has 48 heavy (non-hydrogen) atoms. The molecule has 0 unspecified atom stereocenters. The van der Waals surface area contributed by atoms with Gasteiger partial charge in [-0.25, -0.2) is 0 Å². The van der Waals surface area contributed by atoms with Crippen molar-refractivity contribution in [2.45, 2.75) is 181 Å². The van der Waals surface area contributed by atoms with Crippen molar-refractivity contribution < 1.29 is 0 Å². The smallest absolute Gasteiger partial charge is 0.0639 e. The molecule has 2 aromatic carbocycles. The van der Waals surface area contributed by atoms with Gasteiger partial charge in [0.25, 0.3) is 0 Å². The second-order valence-corrected chi connectivity index (χ2v) is 13.9. The second kappa shape index (κ2) is 30.3. The summed E-state index contributed by atoms with van der Waals surface area (Å²) < 4.78 is 0. The van der Waals surface area contributed by atoms with E-state index in [0.717, 1.165) is 49.2 Å². The van der Waals surface area contributed by atoms with Crippen molar-refractivity contribution in [2.75, 3.05) is 0 Å². The summed E-state index contributed by atoms with van der Waals surface area (Å²) >= 11 is 0. The molecule has 0 saturated carbocycles. The van der Waals surface area contributed by atoms with Crippen LogP contribution in [0.15, 0.2) is 70.7 Å². The SMILES string of the molecule is CCCCCCCCCCCCC=Cc1cccc(N=CC(CCCC)=Nc2cccc(C=CCCCCCCCCCCCC)c2)c1. The normalized spacial score (nSPS) is 12.4. The van der Waals surface area contributed by atoms with Crippen molar-refractivity contribution >= 4 is 35.5 Å². The molecule has 0 aliphatic carbocycles. The molecule has 266 valence electrons. The van der Waals surface area contributed by atoms with E-state index in [-0.39, 0.29) is 0 Å². The minimum atomic E-state index is 0.942. The summed E-state index contributed by atoms with van der Waals surface area (Å²) in [5.74, 6) is 0. The van der Waals surface area contributed by atoms with Crippen molar-refractivity contribution in [3.63, 3.8) is 0 Å². The van der Waals surface area contributed by atoms with E-state index in [1.54, 1.807) is 0 Å². The minimum absolute atomic E-state index is 0.942. The second-order valence-electron chi connectivity index (χ2n) is 13.9. The van der Waals surface area contributed by atoms with E-state index < -0.39 is 0 Å². The fraction of sp³-hybridized carbons (Fsp3) is 0.609. The van der Waals surface area contributed by atoms with Gasteiger partial charge in [-0.2, -0.15) is 0 Å². The molecule has 0 amide bonds. The summed E-state index contributed by atoms with van der Waals surface area (Å²) in [7, 11) is 0. The number of allylic oxidation sites excluding steroid dienone is 2. The molecule has 0 saturated heterocycles. The first-order chi connectivity index (χ1) is 23.7. The quantitative estimate of drug-likeness (QED) is 0.0592. The Morgan fingerprint density at radius 3 is 1.38 bits per heavy atom. The van der Waals surface area contributed by atoms with Crippen LogP contribution in [-0.4, -0.2) is 11.9 Å². The Morgan fingerprint density at radius 1 is 0.479 bits per heavy atom. The third-order valence-corrected chi connectivity index (χ3v) is 9.23. The monoisotopic (exact) mass is 653 g/mol. The van der Waals surface area contributed by atoms with E-state index in [2.05, 4.69) is 93.6 Å². The van der Waals surface area contributed by atoms with Crippen LogP contribution in [-0.2, 0) is 0 Å². The number of hydrogen-bond donors (Lipinski definition) is 0. The standard InChI is InChI=1S/C46H72N2/c1-4-7-10-12-14-16-18-20-22-24-26-28-32-42-34-30-37-44(39-42)47-41-46(36-9-6-3)48-45-38-31-35-43(40-45)33-29-27-25-23-21-19-17-15-13-11-8-5-2/h28-35,37-41H,4-27,36H2,1-3H3. The van der Waals surface area contributed by atoms with Crippen LogP contribution in [0, 0.1) is 0 Å². The lowest BCUT2D eigenvalue weighted by molar-refractivity contribution is 0.558. The number of rotatable bonds is 30. The van der Waals surface area contributed by atoms with Crippen LogP contribution in [0.1, 0.15) is 192 Å². The third kappa shape index (κ3) is 22.8. The summed E-state index contributed by atoms with van der Waals surface area (Å²) in [5.41, 5.74) is 5.50. The average Bonchev–Trinajstić information content (AvgIpc) is 3.10. The van der Waals surface area contributed by atoms with E-state index in [9.17, 15) is 0 Å². The average molecular weight is 653 g/mol. The molecular weight excluding hydrogens is 581 g/mol. The minimum Gasteiger partial charge on any atom is -0.255 e. The first-order valence-electron chi connectivity index (χ1n) is 20.4. The van der Waals surface area contributed by atoms with E-state index in [0.29, 0.717) is 0 Å². The number of unbranched alkanes of at least 4 members (excludes halogenated alkanes) is 21. The van der Waals surface area contributed by atoms with Crippen molar-refractivity contribution in [2.24, 2.45) is 9.98 Å². The van der Waals surface area contributed by atoms with Crippen molar-refractivity contribution in [1.82, 2.24) is 0 Å². The van der Waals surface area contributed by atoms with Gasteiger partial charge in [-0.1, -0.05) is 191 Å². The Hall–Kier alpha value is -2.74. The van der Waals surface area contributed by atoms with E-state index in [1.165, 1.54) is 140 Å². The van der Waals surface area contributed by atoms with Crippen LogP contribution in [0.2, 0.25) is 0 Å². The highest BCUT2D eigenvalue weighted by Gasteiger charge is 2.00. The van der Waals surface area contributed by atoms with Crippen molar-refractivity contribution in [3.05, 3.63) is 71.8 Å². The van der Waals surface area contributed by atoms with E-state index in [1.807, 2.05) is 6.21 Å². The van der Waals surface area contributed by atoms with E-state index >= 15 is 0 Å². The summed E-state index contributed by atoms with van der Waals surface area (Å²) in [6, 6.07) is 17.2. The van der Waals surface area contributed by atoms with Gasteiger partial charge < -0.3 is 0 Å². The highest BCUT2D eigenvalue weighted by molar-refractivity contribution is 6.31. The fourth-order valence-corrected chi connectivity index (χ4v) is 6.17. The van der Waals surface area contributed by atoms with Gasteiger partial charge in [0.05, 0.1) is 17.1 Å². The Labute approximate surface area is 297 Å². The van der Waals surface area contributed by atoms with Gasteiger partial charge >= 0.3 is 0 Å². The topological polar surface area (TPSA) is 24.7 Å².